The highest BCUT2D eigenvalue weighted by atomic mass is 15.2. The molecule has 2 aliphatic carbocycles. The second kappa shape index (κ2) is 7.63. The number of aliphatic imine (C=N–C) groups is 1. The predicted molar refractivity (Wildman–Crippen MR) is 93.0 cm³/mol. The average Bonchev–Trinajstić information content (AvgIpc) is 3.38. The van der Waals surface area contributed by atoms with Crippen molar-refractivity contribution in [3.8, 4) is 0 Å². The summed E-state index contributed by atoms with van der Waals surface area (Å²) in [6.07, 6.45) is 7.65. The van der Waals surface area contributed by atoms with Gasteiger partial charge in [0.05, 0.1) is 0 Å². The van der Waals surface area contributed by atoms with Crippen molar-refractivity contribution >= 4 is 11.6 Å². The zero-order valence-corrected chi connectivity index (χ0v) is 13.3. The monoisotopic (exact) mass is 300 g/mol. The minimum absolute atomic E-state index is 0.609. The number of anilines is 1. The number of nitrogens with one attached hydrogen (secondary N) is 2. The fraction of sp³-hybridized carbons (Fsp3) is 0.611. The summed E-state index contributed by atoms with van der Waals surface area (Å²) in [5.41, 5.74) is 6.93. The minimum atomic E-state index is 0.609. The minimum Gasteiger partial charge on any atom is -0.353 e. The molecule has 4 heteroatoms. The molecule has 3 rings (SSSR count). The summed E-state index contributed by atoms with van der Waals surface area (Å²) in [6.45, 7) is 1.74. The fourth-order valence-corrected chi connectivity index (χ4v) is 3.20. The number of rotatable bonds is 5. The van der Waals surface area contributed by atoms with Crippen LogP contribution in [0.1, 0.15) is 38.5 Å². The van der Waals surface area contributed by atoms with Crippen LogP contribution in [-0.4, -0.2) is 25.1 Å². The van der Waals surface area contributed by atoms with E-state index in [1.54, 1.807) is 0 Å². The first kappa shape index (κ1) is 15.3. The van der Waals surface area contributed by atoms with E-state index in [1.807, 2.05) is 18.2 Å². The van der Waals surface area contributed by atoms with Crippen LogP contribution in [0.3, 0.4) is 0 Å². The van der Waals surface area contributed by atoms with Crippen LogP contribution in [0.25, 0.3) is 0 Å². The van der Waals surface area contributed by atoms with E-state index in [1.165, 1.54) is 38.5 Å². The Labute approximate surface area is 133 Å². The first-order chi connectivity index (χ1) is 10.8. The van der Waals surface area contributed by atoms with Gasteiger partial charge in [0.2, 0.25) is 0 Å². The molecule has 2 aliphatic rings. The van der Waals surface area contributed by atoms with Crippen LogP contribution >= 0.6 is 0 Å². The van der Waals surface area contributed by atoms with Gasteiger partial charge in [-0.15, -0.1) is 0 Å². The lowest BCUT2D eigenvalue weighted by Gasteiger charge is -2.27. The lowest BCUT2D eigenvalue weighted by Crippen LogP contribution is -2.33. The van der Waals surface area contributed by atoms with Gasteiger partial charge in [0.1, 0.15) is 0 Å². The van der Waals surface area contributed by atoms with E-state index in [9.17, 15) is 0 Å². The second-order valence-corrected chi connectivity index (χ2v) is 6.73. The molecule has 2 saturated carbocycles. The van der Waals surface area contributed by atoms with Crippen molar-refractivity contribution in [2.24, 2.45) is 22.6 Å². The molecule has 4 N–H and O–H groups in total. The number of para-hydroxylation sites is 1. The van der Waals surface area contributed by atoms with Crippen molar-refractivity contribution in [2.45, 2.75) is 44.6 Å². The summed E-state index contributed by atoms with van der Waals surface area (Å²) >= 11 is 0. The molecule has 0 heterocycles. The number of benzene rings is 1. The maximum Gasteiger partial charge on any atom is 0.196 e. The molecule has 22 heavy (non-hydrogen) atoms. The molecular weight excluding hydrogens is 272 g/mol. The lowest BCUT2D eigenvalue weighted by molar-refractivity contribution is 0.277. The van der Waals surface area contributed by atoms with Gasteiger partial charge >= 0.3 is 0 Å². The van der Waals surface area contributed by atoms with Crippen molar-refractivity contribution in [2.75, 3.05) is 18.4 Å². The third-order valence-corrected chi connectivity index (χ3v) is 4.69. The van der Waals surface area contributed by atoms with Gasteiger partial charge < -0.3 is 16.4 Å². The molecule has 120 valence electrons. The van der Waals surface area contributed by atoms with E-state index in [4.69, 9.17) is 10.7 Å². The smallest absolute Gasteiger partial charge is 0.196 e. The Hall–Kier alpha value is -1.55. The summed E-state index contributed by atoms with van der Waals surface area (Å²) in [6, 6.07) is 10.9. The van der Waals surface area contributed by atoms with Crippen LogP contribution in [0.4, 0.5) is 5.69 Å². The zero-order chi connectivity index (χ0) is 15.2. The van der Waals surface area contributed by atoms with E-state index < -0.39 is 0 Å². The van der Waals surface area contributed by atoms with Gasteiger partial charge in [-0.2, -0.15) is 0 Å². The SMILES string of the molecule is NCC1CCCC(CN=C(Nc2ccccc2)NC2CC2)C1. The van der Waals surface area contributed by atoms with Crippen LogP contribution < -0.4 is 16.4 Å². The Morgan fingerprint density at radius 1 is 1.09 bits per heavy atom. The molecule has 2 fully saturated rings. The zero-order valence-electron chi connectivity index (χ0n) is 13.3. The topological polar surface area (TPSA) is 62.4 Å². The quantitative estimate of drug-likeness (QED) is 0.579. The Morgan fingerprint density at radius 2 is 1.86 bits per heavy atom. The highest BCUT2D eigenvalue weighted by Gasteiger charge is 2.24. The van der Waals surface area contributed by atoms with Crippen LogP contribution in [0.5, 0.6) is 0 Å². The largest absolute Gasteiger partial charge is 0.353 e. The van der Waals surface area contributed by atoms with Gasteiger partial charge in [-0.25, -0.2) is 0 Å². The standard InChI is InChI=1S/C18H28N4/c19-12-14-5-4-6-15(11-14)13-20-18(22-17-9-10-17)21-16-7-2-1-3-8-16/h1-3,7-8,14-15,17H,4-6,9-13,19H2,(H2,20,21,22). The highest BCUT2D eigenvalue weighted by Crippen LogP contribution is 2.28. The molecular formula is C18H28N4. The molecule has 1 aromatic carbocycles. The molecule has 0 aromatic heterocycles. The van der Waals surface area contributed by atoms with Gasteiger partial charge in [0.25, 0.3) is 0 Å². The summed E-state index contributed by atoms with van der Waals surface area (Å²) < 4.78 is 0. The van der Waals surface area contributed by atoms with E-state index in [0.717, 1.165) is 24.7 Å². The van der Waals surface area contributed by atoms with Gasteiger partial charge in [0, 0.05) is 18.3 Å². The molecule has 0 bridgehead atoms. The van der Waals surface area contributed by atoms with Crippen LogP contribution in [-0.2, 0) is 0 Å². The van der Waals surface area contributed by atoms with Crippen molar-refractivity contribution in [3.63, 3.8) is 0 Å². The van der Waals surface area contributed by atoms with Crippen LogP contribution in [0, 0.1) is 11.8 Å². The maximum atomic E-state index is 5.84. The molecule has 0 radical (unpaired) electrons. The highest BCUT2D eigenvalue weighted by molar-refractivity contribution is 5.93. The number of hydrogen-bond donors (Lipinski definition) is 3. The Balaban J connectivity index is 1.58. The van der Waals surface area contributed by atoms with Crippen molar-refractivity contribution in [3.05, 3.63) is 30.3 Å². The van der Waals surface area contributed by atoms with Gasteiger partial charge in [0.15, 0.2) is 5.96 Å². The van der Waals surface area contributed by atoms with Gasteiger partial charge in [-0.3, -0.25) is 4.99 Å². The molecule has 2 atom stereocenters. The number of guanidine groups is 1. The maximum absolute atomic E-state index is 5.84. The second-order valence-electron chi connectivity index (χ2n) is 6.73. The molecule has 2 unspecified atom stereocenters. The summed E-state index contributed by atoms with van der Waals surface area (Å²) in [4.78, 5) is 4.85. The van der Waals surface area contributed by atoms with E-state index in [0.29, 0.717) is 17.9 Å². The molecule has 4 nitrogen and oxygen atoms in total. The predicted octanol–water partition coefficient (Wildman–Crippen LogP) is 2.97. The third-order valence-electron chi connectivity index (χ3n) is 4.69. The van der Waals surface area contributed by atoms with Crippen molar-refractivity contribution < 1.29 is 0 Å². The van der Waals surface area contributed by atoms with E-state index in [-0.39, 0.29) is 0 Å². The Morgan fingerprint density at radius 3 is 2.59 bits per heavy atom. The van der Waals surface area contributed by atoms with Gasteiger partial charge in [-0.1, -0.05) is 24.6 Å². The Kier molecular flexibility index (Phi) is 5.33. The third kappa shape index (κ3) is 4.73. The van der Waals surface area contributed by atoms with E-state index >= 15 is 0 Å². The summed E-state index contributed by atoms with van der Waals surface area (Å²) in [5, 5.41) is 6.95. The van der Waals surface area contributed by atoms with Crippen molar-refractivity contribution in [1.29, 1.82) is 0 Å². The fourth-order valence-electron chi connectivity index (χ4n) is 3.20. The number of nitrogens with zero attached hydrogens (tertiary/aromatic N) is 1. The van der Waals surface area contributed by atoms with Crippen LogP contribution in [0.15, 0.2) is 35.3 Å². The molecule has 1 aromatic rings. The molecule has 0 amide bonds. The normalized spacial score (nSPS) is 25.8. The molecule has 0 spiro atoms. The first-order valence-corrected chi connectivity index (χ1v) is 8.66. The number of hydrogen-bond acceptors (Lipinski definition) is 2. The first-order valence-electron chi connectivity index (χ1n) is 8.66. The molecule has 0 saturated heterocycles. The van der Waals surface area contributed by atoms with Crippen LogP contribution in [0.2, 0.25) is 0 Å². The Bertz CT molecular complexity index is 481. The molecule has 0 aliphatic heterocycles. The van der Waals surface area contributed by atoms with Crippen molar-refractivity contribution in [1.82, 2.24) is 5.32 Å². The number of nitrogens with two attached hydrogens (primary N) is 1. The van der Waals surface area contributed by atoms with E-state index in [2.05, 4.69) is 22.8 Å². The summed E-state index contributed by atoms with van der Waals surface area (Å²) in [7, 11) is 0. The average molecular weight is 300 g/mol. The summed E-state index contributed by atoms with van der Waals surface area (Å²) in [5.74, 6) is 2.33. The van der Waals surface area contributed by atoms with Gasteiger partial charge in [-0.05, 0) is 62.6 Å². The lowest BCUT2D eigenvalue weighted by atomic mass is 9.81.